The number of nitrogens with zero attached hydrogens (tertiary/aromatic N) is 4. The highest BCUT2D eigenvalue weighted by molar-refractivity contribution is 6.34. The van der Waals surface area contributed by atoms with E-state index < -0.39 is 0 Å². The maximum absolute atomic E-state index is 11.7. The van der Waals surface area contributed by atoms with E-state index in [1.807, 2.05) is 36.1 Å². The Labute approximate surface area is 150 Å². The quantitative estimate of drug-likeness (QED) is 0.712. The van der Waals surface area contributed by atoms with Crippen LogP contribution in [-0.2, 0) is 4.79 Å². The van der Waals surface area contributed by atoms with Crippen molar-refractivity contribution in [2.45, 2.75) is 26.2 Å². The number of likely N-dealkylation sites (tertiary alicyclic amines) is 1. The topological polar surface area (TPSA) is 62.5 Å². The van der Waals surface area contributed by atoms with Crippen LogP contribution in [0.4, 0.5) is 5.82 Å². The zero-order valence-electron chi connectivity index (χ0n) is 14.1. The lowest BCUT2D eigenvalue weighted by Crippen LogP contribution is -2.27. The van der Waals surface area contributed by atoms with Crippen molar-refractivity contribution in [3.05, 3.63) is 35.0 Å². The minimum atomic E-state index is 0.270. The molecule has 4 rings (SSSR count). The van der Waals surface area contributed by atoms with Crippen molar-refractivity contribution in [1.29, 1.82) is 0 Å². The van der Waals surface area contributed by atoms with Crippen LogP contribution in [0.15, 0.2) is 24.3 Å². The summed E-state index contributed by atoms with van der Waals surface area (Å²) in [4.78, 5) is 18.3. The second kappa shape index (κ2) is 6.52. The van der Waals surface area contributed by atoms with Crippen LogP contribution in [0.5, 0.6) is 0 Å². The third-order valence-electron chi connectivity index (χ3n) is 4.64. The van der Waals surface area contributed by atoms with Crippen molar-refractivity contribution in [2.75, 3.05) is 25.0 Å². The van der Waals surface area contributed by atoms with Gasteiger partial charge >= 0.3 is 0 Å². The number of aromatic nitrogens is 3. The molecule has 3 aromatic rings. The second-order valence-electron chi connectivity index (χ2n) is 6.38. The van der Waals surface area contributed by atoms with E-state index in [2.05, 4.69) is 15.4 Å². The van der Waals surface area contributed by atoms with Gasteiger partial charge in [0.25, 0.3) is 0 Å². The Hall–Kier alpha value is -2.34. The van der Waals surface area contributed by atoms with E-state index in [1.54, 1.807) is 4.52 Å². The van der Waals surface area contributed by atoms with E-state index in [4.69, 9.17) is 11.6 Å². The summed E-state index contributed by atoms with van der Waals surface area (Å²) in [5.74, 6) is 1.07. The van der Waals surface area contributed by atoms with Gasteiger partial charge < -0.3 is 10.2 Å². The van der Waals surface area contributed by atoms with Gasteiger partial charge in [-0.05, 0) is 31.9 Å². The van der Waals surface area contributed by atoms with Crippen molar-refractivity contribution in [1.82, 2.24) is 19.5 Å². The predicted molar refractivity (Wildman–Crippen MR) is 99.2 cm³/mol. The Bertz CT molecular complexity index is 951. The third kappa shape index (κ3) is 2.91. The lowest BCUT2D eigenvalue weighted by molar-refractivity contribution is -0.127. The van der Waals surface area contributed by atoms with E-state index >= 15 is 0 Å². The van der Waals surface area contributed by atoms with Crippen molar-refractivity contribution >= 4 is 39.9 Å². The molecule has 1 fully saturated rings. The van der Waals surface area contributed by atoms with Gasteiger partial charge in [-0.1, -0.05) is 23.7 Å². The molecule has 1 aromatic carbocycles. The van der Waals surface area contributed by atoms with Crippen molar-refractivity contribution < 1.29 is 4.79 Å². The summed E-state index contributed by atoms with van der Waals surface area (Å²) in [6.07, 6.45) is 2.56. The Kier molecular flexibility index (Phi) is 4.21. The number of nitrogens with one attached hydrogen (secondary N) is 1. The van der Waals surface area contributed by atoms with Gasteiger partial charge in [-0.3, -0.25) is 4.79 Å². The van der Waals surface area contributed by atoms with Crippen LogP contribution < -0.4 is 5.32 Å². The molecule has 3 heterocycles. The van der Waals surface area contributed by atoms with Crippen molar-refractivity contribution in [3.8, 4) is 0 Å². The van der Waals surface area contributed by atoms with Crippen LogP contribution in [0, 0.1) is 6.92 Å². The average molecular weight is 358 g/mol. The molecule has 1 N–H and O–H groups in total. The molecule has 130 valence electrons. The lowest BCUT2D eigenvalue weighted by atomic mass is 10.2. The number of fused-ring (bicyclic) bond motifs is 3. The highest BCUT2D eigenvalue weighted by atomic mass is 35.5. The first-order valence-electron chi connectivity index (χ1n) is 8.60. The van der Waals surface area contributed by atoms with E-state index in [1.165, 1.54) is 0 Å². The molecule has 1 aliphatic heterocycles. The van der Waals surface area contributed by atoms with Gasteiger partial charge in [-0.15, -0.1) is 0 Å². The largest absolute Gasteiger partial charge is 0.369 e. The molecule has 1 saturated heterocycles. The molecular weight excluding hydrogens is 338 g/mol. The standard InChI is InChI=1S/C18H20ClN5O/c1-12-16(19)18-21-17(13-6-2-3-7-14(13)24(18)22-12)20-9-5-11-23-10-4-8-15(23)25/h2-3,6-7H,4-5,8-11H2,1H3,(H,20,21). The van der Waals surface area contributed by atoms with Gasteiger partial charge in [0, 0.05) is 31.4 Å². The van der Waals surface area contributed by atoms with E-state index in [0.717, 1.165) is 54.9 Å². The first-order chi connectivity index (χ1) is 12.1. The highest BCUT2D eigenvalue weighted by Crippen LogP contribution is 2.28. The average Bonchev–Trinajstić information content (AvgIpc) is 3.16. The predicted octanol–water partition coefficient (Wildman–Crippen LogP) is 3.27. The maximum Gasteiger partial charge on any atom is 0.222 e. The minimum absolute atomic E-state index is 0.270. The number of aryl methyl sites for hydroxylation is 1. The number of anilines is 1. The number of carbonyl (C=O) groups is 1. The smallest absolute Gasteiger partial charge is 0.222 e. The van der Waals surface area contributed by atoms with Gasteiger partial charge in [-0.2, -0.15) is 5.10 Å². The summed E-state index contributed by atoms with van der Waals surface area (Å²) in [7, 11) is 0. The Morgan fingerprint density at radius 1 is 1.32 bits per heavy atom. The summed E-state index contributed by atoms with van der Waals surface area (Å²) in [6, 6.07) is 8.01. The Morgan fingerprint density at radius 2 is 2.16 bits per heavy atom. The number of rotatable bonds is 5. The fourth-order valence-electron chi connectivity index (χ4n) is 3.34. The molecule has 0 radical (unpaired) electrons. The summed E-state index contributed by atoms with van der Waals surface area (Å²) in [6.45, 7) is 4.31. The minimum Gasteiger partial charge on any atom is -0.369 e. The number of carbonyl (C=O) groups excluding carboxylic acids is 1. The third-order valence-corrected chi connectivity index (χ3v) is 5.08. The van der Waals surface area contributed by atoms with Gasteiger partial charge in [-0.25, -0.2) is 9.50 Å². The van der Waals surface area contributed by atoms with Crippen LogP contribution >= 0.6 is 11.6 Å². The number of amides is 1. The van der Waals surface area contributed by atoms with Gasteiger partial charge in [0.1, 0.15) is 10.8 Å². The van der Waals surface area contributed by atoms with Gasteiger partial charge in [0.05, 0.1) is 11.2 Å². The molecule has 2 aromatic heterocycles. The second-order valence-corrected chi connectivity index (χ2v) is 6.75. The van der Waals surface area contributed by atoms with Crippen molar-refractivity contribution in [3.63, 3.8) is 0 Å². The van der Waals surface area contributed by atoms with Crippen molar-refractivity contribution in [2.24, 2.45) is 0 Å². The molecule has 7 heteroatoms. The molecule has 1 aliphatic rings. The number of benzene rings is 1. The number of para-hydroxylation sites is 1. The lowest BCUT2D eigenvalue weighted by Gasteiger charge is -2.16. The van der Waals surface area contributed by atoms with Gasteiger partial charge in [0.15, 0.2) is 5.65 Å². The first-order valence-corrected chi connectivity index (χ1v) is 8.98. The molecule has 6 nitrogen and oxygen atoms in total. The molecule has 0 saturated carbocycles. The zero-order valence-corrected chi connectivity index (χ0v) is 14.9. The molecule has 0 atom stereocenters. The molecule has 25 heavy (non-hydrogen) atoms. The fourth-order valence-corrected chi connectivity index (χ4v) is 3.50. The van der Waals surface area contributed by atoms with Gasteiger partial charge in [0.2, 0.25) is 5.91 Å². The monoisotopic (exact) mass is 357 g/mol. The summed E-state index contributed by atoms with van der Waals surface area (Å²) < 4.78 is 1.79. The van der Waals surface area contributed by atoms with E-state index in [9.17, 15) is 4.79 Å². The summed E-state index contributed by atoms with van der Waals surface area (Å²) in [5, 5.41) is 9.48. The van der Waals surface area contributed by atoms with Crippen LogP contribution in [0.3, 0.4) is 0 Å². The Balaban J connectivity index is 1.57. The molecule has 0 aliphatic carbocycles. The Morgan fingerprint density at radius 3 is 2.96 bits per heavy atom. The number of hydrogen-bond acceptors (Lipinski definition) is 4. The van der Waals surface area contributed by atoms with E-state index in [-0.39, 0.29) is 5.91 Å². The first kappa shape index (κ1) is 16.1. The molecule has 0 bridgehead atoms. The SMILES string of the molecule is Cc1nn2c(nc(NCCCN3CCCC3=O)c3ccccc32)c1Cl. The van der Waals surface area contributed by atoms with E-state index in [0.29, 0.717) is 17.1 Å². The van der Waals surface area contributed by atoms with Crippen LogP contribution in [0.1, 0.15) is 25.0 Å². The highest BCUT2D eigenvalue weighted by Gasteiger charge is 2.19. The van der Waals surface area contributed by atoms with Crippen LogP contribution in [0.2, 0.25) is 5.02 Å². The molecule has 1 amide bonds. The summed E-state index contributed by atoms with van der Waals surface area (Å²) >= 11 is 6.36. The maximum atomic E-state index is 11.7. The normalized spacial score (nSPS) is 14.8. The summed E-state index contributed by atoms with van der Waals surface area (Å²) in [5.41, 5.74) is 2.40. The molecular formula is C18H20ClN5O. The molecule has 0 spiro atoms. The van der Waals surface area contributed by atoms with Crippen LogP contribution in [-0.4, -0.2) is 45.0 Å². The number of hydrogen-bond donors (Lipinski definition) is 1. The zero-order chi connectivity index (χ0) is 17.4. The molecule has 0 unspecified atom stereocenters. The number of halogens is 1. The fraction of sp³-hybridized carbons (Fsp3) is 0.389. The van der Waals surface area contributed by atoms with Crippen LogP contribution in [0.25, 0.3) is 16.6 Å².